The molecule has 0 radical (unpaired) electrons. The minimum Gasteiger partial charge on any atom is -0.463 e. The number of hydrogen-bond acceptors (Lipinski definition) is 4. The minimum atomic E-state index is 0.272. The maximum atomic E-state index is 5.84. The van der Waals surface area contributed by atoms with E-state index in [9.17, 15) is 0 Å². The van der Waals surface area contributed by atoms with E-state index in [1.165, 1.54) is 6.42 Å². The average Bonchev–Trinajstić information content (AvgIpc) is 3.01. The van der Waals surface area contributed by atoms with Crippen molar-refractivity contribution >= 4 is 17.2 Å². The second-order valence-corrected chi connectivity index (χ2v) is 6.24. The minimum absolute atomic E-state index is 0.272. The Bertz CT molecular complexity index is 938. The van der Waals surface area contributed by atoms with Gasteiger partial charge in [-0.15, -0.1) is 26.9 Å². The molecule has 0 unspecified atom stereocenters. The first-order valence-electron chi connectivity index (χ1n) is 8.33. The Morgan fingerprint density at radius 1 is 1.16 bits per heavy atom. The normalized spacial score (nSPS) is 14.0. The van der Waals surface area contributed by atoms with Crippen molar-refractivity contribution in [3.63, 3.8) is 0 Å². The Balaban J connectivity index is 1.76. The molecule has 25 heavy (non-hydrogen) atoms. The second-order valence-electron chi connectivity index (χ2n) is 5.97. The van der Waals surface area contributed by atoms with E-state index in [1.807, 2.05) is 36.4 Å². The number of hydrogen-bond donors (Lipinski definition) is 0. The van der Waals surface area contributed by atoms with Gasteiger partial charge in [0.25, 0.3) is 0 Å². The van der Waals surface area contributed by atoms with Crippen molar-refractivity contribution < 1.29 is 4.74 Å². The van der Waals surface area contributed by atoms with Crippen LogP contribution in [0.1, 0.15) is 30.7 Å². The molecule has 126 valence electrons. The summed E-state index contributed by atoms with van der Waals surface area (Å²) in [4.78, 5) is 0. The molecule has 0 spiro atoms. The summed E-state index contributed by atoms with van der Waals surface area (Å²) in [5.41, 5.74) is 2.80. The molecule has 5 nitrogen and oxygen atoms in total. The van der Waals surface area contributed by atoms with E-state index in [1.54, 1.807) is 4.52 Å². The molecule has 3 aromatic rings. The van der Waals surface area contributed by atoms with Crippen molar-refractivity contribution in [3.05, 3.63) is 42.0 Å². The molecule has 1 fully saturated rings. The lowest BCUT2D eigenvalue weighted by Gasteiger charge is -2.26. The lowest BCUT2D eigenvalue weighted by Crippen LogP contribution is -2.13. The van der Waals surface area contributed by atoms with Crippen LogP contribution in [0.15, 0.2) is 36.4 Å². The lowest BCUT2D eigenvalue weighted by atomic mass is 9.80. The van der Waals surface area contributed by atoms with Crippen LogP contribution < -0.4 is 4.74 Å². The van der Waals surface area contributed by atoms with Gasteiger partial charge in [-0.2, -0.15) is 4.52 Å². The number of benzene rings is 1. The summed E-state index contributed by atoms with van der Waals surface area (Å²) < 4.78 is 7.58. The molecule has 0 atom stereocenters. The third-order valence-electron chi connectivity index (χ3n) is 4.44. The summed E-state index contributed by atoms with van der Waals surface area (Å²) in [6, 6.07) is 11.9. The van der Waals surface area contributed by atoms with Crippen molar-refractivity contribution in [1.29, 1.82) is 0 Å². The smallest absolute Gasteiger partial charge is 0.236 e. The molecule has 1 aliphatic carbocycles. The summed E-state index contributed by atoms with van der Waals surface area (Å²) in [6.45, 7) is 0.272. The molecule has 2 aromatic heterocycles. The maximum absolute atomic E-state index is 5.84. The van der Waals surface area contributed by atoms with Gasteiger partial charge in [-0.1, -0.05) is 48.6 Å². The highest BCUT2D eigenvalue weighted by molar-refractivity contribution is 6.19. The van der Waals surface area contributed by atoms with Gasteiger partial charge in [0, 0.05) is 11.1 Å². The highest BCUT2D eigenvalue weighted by Gasteiger charge is 2.26. The fraction of sp³-hybridized carbons (Fsp3) is 0.316. The second kappa shape index (κ2) is 7.12. The number of nitrogens with zero attached hydrogens (tertiary/aromatic N) is 4. The molecule has 4 rings (SSSR count). The molecule has 1 aromatic carbocycles. The van der Waals surface area contributed by atoms with Crippen LogP contribution in [0.25, 0.3) is 17.0 Å². The molecule has 6 heteroatoms. The van der Waals surface area contributed by atoms with Crippen LogP contribution in [-0.2, 0) is 0 Å². The zero-order valence-corrected chi connectivity index (χ0v) is 14.4. The van der Waals surface area contributed by atoms with Gasteiger partial charge in [-0.25, -0.2) is 0 Å². The first kappa shape index (κ1) is 15.9. The zero-order valence-electron chi connectivity index (χ0n) is 13.7. The predicted molar refractivity (Wildman–Crippen MR) is 96.8 cm³/mol. The van der Waals surface area contributed by atoms with Gasteiger partial charge in [0.05, 0.1) is 5.88 Å². The van der Waals surface area contributed by atoms with E-state index in [0.29, 0.717) is 23.5 Å². The van der Waals surface area contributed by atoms with Crippen LogP contribution >= 0.6 is 11.6 Å². The Labute approximate surface area is 151 Å². The third-order valence-corrected chi connectivity index (χ3v) is 4.57. The van der Waals surface area contributed by atoms with E-state index in [-0.39, 0.29) is 6.61 Å². The topological polar surface area (TPSA) is 52.3 Å². The number of ether oxygens (including phenoxy) is 1. The third kappa shape index (κ3) is 3.18. The van der Waals surface area contributed by atoms with Crippen LogP contribution in [0.4, 0.5) is 0 Å². The van der Waals surface area contributed by atoms with E-state index < -0.39 is 0 Å². The summed E-state index contributed by atoms with van der Waals surface area (Å²) in [7, 11) is 0. The number of fused-ring (bicyclic) bond motifs is 1. The van der Waals surface area contributed by atoms with Gasteiger partial charge in [0.2, 0.25) is 5.88 Å². The van der Waals surface area contributed by atoms with Crippen molar-refractivity contribution in [2.45, 2.75) is 25.2 Å². The maximum Gasteiger partial charge on any atom is 0.236 e. The first-order chi connectivity index (χ1) is 12.4. The fourth-order valence-corrected chi connectivity index (χ4v) is 3.02. The summed E-state index contributed by atoms with van der Waals surface area (Å²) in [6.07, 6.45) is 3.55. The van der Waals surface area contributed by atoms with Crippen molar-refractivity contribution in [2.75, 3.05) is 12.5 Å². The monoisotopic (exact) mass is 352 g/mol. The first-order valence-corrected chi connectivity index (χ1v) is 8.86. The van der Waals surface area contributed by atoms with Crippen LogP contribution in [0, 0.1) is 11.8 Å². The molecule has 1 aliphatic rings. The lowest BCUT2D eigenvalue weighted by molar-refractivity contribution is 0.327. The summed E-state index contributed by atoms with van der Waals surface area (Å²) >= 11 is 5.58. The number of aromatic nitrogens is 4. The van der Waals surface area contributed by atoms with Crippen molar-refractivity contribution in [1.82, 2.24) is 19.8 Å². The Morgan fingerprint density at radius 2 is 2.00 bits per heavy atom. The summed E-state index contributed by atoms with van der Waals surface area (Å²) in [5.74, 6) is 7.77. The highest BCUT2D eigenvalue weighted by atomic mass is 35.5. The molecular formula is C19H17ClN4O. The molecule has 0 N–H and O–H groups in total. The highest BCUT2D eigenvalue weighted by Crippen LogP contribution is 2.40. The standard InChI is InChI=1S/C19H17ClN4O/c20-11-4-5-12-25-19-16(14-9-6-10-14)13-17-21-22-18(24(17)23-19)15-7-2-1-3-8-15/h1-3,7-8,13-14H,6,9-12H2. The van der Waals surface area contributed by atoms with Crippen LogP contribution in [0.3, 0.4) is 0 Å². The van der Waals surface area contributed by atoms with Crippen LogP contribution in [0.5, 0.6) is 5.88 Å². The van der Waals surface area contributed by atoms with E-state index in [4.69, 9.17) is 16.3 Å². The summed E-state index contributed by atoms with van der Waals surface area (Å²) in [5, 5.41) is 13.3. The predicted octanol–water partition coefficient (Wildman–Crippen LogP) is 3.68. The molecular weight excluding hydrogens is 336 g/mol. The van der Waals surface area contributed by atoms with Gasteiger partial charge in [0.15, 0.2) is 18.1 Å². The molecule has 1 saturated carbocycles. The van der Waals surface area contributed by atoms with Gasteiger partial charge >= 0.3 is 0 Å². The van der Waals surface area contributed by atoms with Gasteiger partial charge in [-0.3, -0.25) is 0 Å². The Kier molecular flexibility index (Phi) is 4.53. The van der Waals surface area contributed by atoms with E-state index in [0.717, 1.165) is 29.6 Å². The largest absolute Gasteiger partial charge is 0.463 e. The Hall–Kier alpha value is -2.58. The zero-order chi connectivity index (χ0) is 17.1. The van der Waals surface area contributed by atoms with Gasteiger partial charge < -0.3 is 4.74 Å². The molecule has 0 bridgehead atoms. The van der Waals surface area contributed by atoms with Crippen LogP contribution in [-0.4, -0.2) is 32.3 Å². The van der Waals surface area contributed by atoms with Crippen LogP contribution in [0.2, 0.25) is 0 Å². The molecule has 2 heterocycles. The van der Waals surface area contributed by atoms with Crippen molar-refractivity contribution in [2.24, 2.45) is 0 Å². The van der Waals surface area contributed by atoms with E-state index in [2.05, 4.69) is 27.1 Å². The number of alkyl halides is 1. The fourth-order valence-electron chi connectivity index (χ4n) is 2.92. The molecule has 0 aliphatic heterocycles. The number of halogens is 1. The Morgan fingerprint density at radius 3 is 2.72 bits per heavy atom. The SMILES string of the molecule is ClCC#CCOc1nn2c(-c3ccccc3)nnc2cc1C1CCC1. The average molecular weight is 353 g/mol. The van der Waals surface area contributed by atoms with Gasteiger partial charge in [-0.05, 0) is 24.8 Å². The van der Waals surface area contributed by atoms with E-state index >= 15 is 0 Å². The number of rotatable bonds is 4. The molecule has 0 saturated heterocycles. The quantitative estimate of drug-likeness (QED) is 0.531. The molecule has 0 amide bonds. The van der Waals surface area contributed by atoms with Crippen molar-refractivity contribution in [3.8, 4) is 29.1 Å². The van der Waals surface area contributed by atoms with Gasteiger partial charge in [0.1, 0.15) is 0 Å².